The largest absolute Gasteiger partial charge is 0.348 e. The van der Waals surface area contributed by atoms with Crippen LogP contribution in [0, 0.1) is 0 Å². The van der Waals surface area contributed by atoms with Crippen LogP contribution in [0.25, 0.3) is 0 Å². The molecule has 4 heteroatoms. The van der Waals surface area contributed by atoms with Gasteiger partial charge in [0.1, 0.15) is 0 Å². The summed E-state index contributed by atoms with van der Waals surface area (Å²) in [7, 11) is 6.14. The van der Waals surface area contributed by atoms with E-state index in [2.05, 4.69) is 23.9 Å². The lowest BCUT2D eigenvalue weighted by Gasteiger charge is -2.34. The van der Waals surface area contributed by atoms with Gasteiger partial charge in [0.05, 0.1) is 12.2 Å². The second-order valence-corrected chi connectivity index (χ2v) is 5.38. The molecule has 100 valence electrons. The number of ketones is 1. The molecular formula is C14H23N3O. The maximum Gasteiger partial charge on any atom is 0.193 e. The van der Waals surface area contributed by atoms with Gasteiger partial charge in [-0.15, -0.1) is 0 Å². The van der Waals surface area contributed by atoms with E-state index in [1.807, 2.05) is 29.9 Å². The predicted octanol–water partition coefficient (Wildman–Crippen LogP) is 1.23. The van der Waals surface area contributed by atoms with E-state index < -0.39 is 0 Å². The highest BCUT2D eigenvalue weighted by molar-refractivity contribution is 5.96. The summed E-state index contributed by atoms with van der Waals surface area (Å²) in [4.78, 5) is 16.7. The lowest BCUT2D eigenvalue weighted by atomic mass is 10.0. The molecule has 2 rings (SSSR count). The van der Waals surface area contributed by atoms with Crippen LogP contribution in [0.3, 0.4) is 0 Å². The number of piperidine rings is 1. The van der Waals surface area contributed by atoms with E-state index in [1.165, 1.54) is 0 Å². The van der Waals surface area contributed by atoms with Crippen molar-refractivity contribution in [2.45, 2.75) is 18.9 Å². The number of carbonyl (C=O) groups is 1. The molecule has 0 aliphatic carbocycles. The summed E-state index contributed by atoms with van der Waals surface area (Å²) in [5.74, 6) is 0.212. The Bertz CT molecular complexity index is 405. The first-order chi connectivity index (χ1) is 8.58. The second kappa shape index (κ2) is 5.67. The third-order valence-electron chi connectivity index (χ3n) is 3.93. The van der Waals surface area contributed by atoms with Crippen molar-refractivity contribution >= 4 is 5.78 Å². The third kappa shape index (κ3) is 3.00. The molecule has 1 aliphatic rings. The number of likely N-dealkylation sites (N-methyl/N-ethyl adjacent to an activating group) is 1. The van der Waals surface area contributed by atoms with Gasteiger partial charge in [-0.1, -0.05) is 0 Å². The van der Waals surface area contributed by atoms with Gasteiger partial charge in [0.15, 0.2) is 5.78 Å². The van der Waals surface area contributed by atoms with Gasteiger partial charge >= 0.3 is 0 Å². The van der Waals surface area contributed by atoms with Gasteiger partial charge < -0.3 is 9.47 Å². The Labute approximate surface area is 109 Å². The molecule has 0 bridgehead atoms. The molecule has 0 saturated carbocycles. The minimum absolute atomic E-state index is 0.212. The highest BCUT2D eigenvalue weighted by Crippen LogP contribution is 2.14. The Morgan fingerprint density at radius 1 is 1.39 bits per heavy atom. The highest BCUT2D eigenvalue weighted by atomic mass is 16.1. The van der Waals surface area contributed by atoms with Crippen LogP contribution in [0.15, 0.2) is 18.3 Å². The van der Waals surface area contributed by atoms with Gasteiger partial charge in [-0.05, 0) is 52.2 Å². The van der Waals surface area contributed by atoms with Crippen LogP contribution in [0.1, 0.15) is 23.3 Å². The first-order valence-electron chi connectivity index (χ1n) is 6.61. The van der Waals surface area contributed by atoms with Crippen molar-refractivity contribution in [1.82, 2.24) is 14.4 Å². The van der Waals surface area contributed by atoms with Crippen molar-refractivity contribution < 1.29 is 4.79 Å². The summed E-state index contributed by atoms with van der Waals surface area (Å²) in [6.45, 7) is 2.78. The minimum atomic E-state index is 0.212. The van der Waals surface area contributed by atoms with Gasteiger partial charge in [0, 0.05) is 19.3 Å². The molecule has 0 radical (unpaired) electrons. The fourth-order valence-electron chi connectivity index (χ4n) is 2.62. The molecule has 0 spiro atoms. The van der Waals surface area contributed by atoms with E-state index in [0.29, 0.717) is 12.6 Å². The second-order valence-electron chi connectivity index (χ2n) is 5.38. The topological polar surface area (TPSA) is 28.5 Å². The standard InChI is InChI=1S/C14H23N3O/c1-15-9-6-12(7-10-15)17(3)11-14(18)13-5-4-8-16(13)2/h4-5,8,12H,6-7,9-11H2,1-3H3. The van der Waals surface area contributed by atoms with E-state index >= 15 is 0 Å². The van der Waals surface area contributed by atoms with E-state index in [1.54, 1.807) is 0 Å². The third-order valence-corrected chi connectivity index (χ3v) is 3.93. The van der Waals surface area contributed by atoms with Crippen molar-refractivity contribution in [2.75, 3.05) is 33.7 Å². The van der Waals surface area contributed by atoms with Crippen LogP contribution in [0.4, 0.5) is 0 Å². The molecule has 4 nitrogen and oxygen atoms in total. The van der Waals surface area contributed by atoms with Crippen LogP contribution < -0.4 is 0 Å². The number of Topliss-reactive ketones (excluding diaryl/α,β-unsaturated/α-hetero) is 1. The van der Waals surface area contributed by atoms with Gasteiger partial charge in [-0.3, -0.25) is 9.69 Å². The summed E-state index contributed by atoms with van der Waals surface area (Å²) in [5.41, 5.74) is 0.801. The zero-order chi connectivity index (χ0) is 13.1. The fraction of sp³-hybridized carbons (Fsp3) is 0.643. The van der Waals surface area contributed by atoms with E-state index in [4.69, 9.17) is 0 Å². The van der Waals surface area contributed by atoms with Crippen LogP contribution in [0.2, 0.25) is 0 Å². The van der Waals surface area contributed by atoms with Gasteiger partial charge in [-0.2, -0.15) is 0 Å². The molecule has 0 atom stereocenters. The van der Waals surface area contributed by atoms with Crippen LogP contribution in [-0.2, 0) is 7.05 Å². The first kappa shape index (κ1) is 13.3. The molecule has 1 aromatic heterocycles. The van der Waals surface area contributed by atoms with E-state index in [0.717, 1.165) is 31.6 Å². The molecule has 1 aromatic rings. The number of nitrogens with zero attached hydrogens (tertiary/aromatic N) is 3. The lowest BCUT2D eigenvalue weighted by Crippen LogP contribution is -2.43. The average Bonchev–Trinajstić information content (AvgIpc) is 2.76. The van der Waals surface area contributed by atoms with Crippen LogP contribution in [-0.4, -0.2) is 59.9 Å². The van der Waals surface area contributed by atoms with Gasteiger partial charge in [0.2, 0.25) is 0 Å². The Hall–Kier alpha value is -1.13. The van der Waals surface area contributed by atoms with Crippen molar-refractivity contribution in [2.24, 2.45) is 7.05 Å². The van der Waals surface area contributed by atoms with Crippen LogP contribution >= 0.6 is 0 Å². The molecule has 1 aliphatic heterocycles. The average molecular weight is 249 g/mol. The Balaban J connectivity index is 1.89. The lowest BCUT2D eigenvalue weighted by molar-refractivity contribution is 0.0864. The number of carbonyl (C=O) groups excluding carboxylic acids is 1. The SMILES string of the molecule is CN1CCC(N(C)CC(=O)c2cccn2C)CC1. The monoisotopic (exact) mass is 249 g/mol. The zero-order valence-electron chi connectivity index (χ0n) is 11.6. The molecule has 0 aromatic carbocycles. The first-order valence-corrected chi connectivity index (χ1v) is 6.61. The molecule has 0 N–H and O–H groups in total. The van der Waals surface area contributed by atoms with Crippen molar-refractivity contribution in [3.63, 3.8) is 0 Å². The number of likely N-dealkylation sites (tertiary alicyclic amines) is 1. The molecule has 0 unspecified atom stereocenters. The molecule has 18 heavy (non-hydrogen) atoms. The van der Waals surface area contributed by atoms with Crippen molar-refractivity contribution in [3.8, 4) is 0 Å². The maximum atomic E-state index is 12.2. The predicted molar refractivity (Wildman–Crippen MR) is 72.9 cm³/mol. The van der Waals surface area contributed by atoms with E-state index in [9.17, 15) is 4.79 Å². The highest BCUT2D eigenvalue weighted by Gasteiger charge is 2.22. The number of aromatic nitrogens is 1. The Morgan fingerprint density at radius 3 is 2.61 bits per heavy atom. The van der Waals surface area contributed by atoms with Crippen molar-refractivity contribution in [1.29, 1.82) is 0 Å². The Morgan fingerprint density at radius 2 is 2.06 bits per heavy atom. The summed E-state index contributed by atoms with van der Waals surface area (Å²) in [6, 6.07) is 4.36. The molecule has 1 fully saturated rings. The van der Waals surface area contributed by atoms with Crippen molar-refractivity contribution in [3.05, 3.63) is 24.0 Å². The summed E-state index contributed by atoms with van der Waals surface area (Å²) < 4.78 is 1.89. The number of aryl methyl sites for hydroxylation is 1. The molecule has 2 heterocycles. The summed E-state index contributed by atoms with van der Waals surface area (Å²) in [6.07, 6.45) is 4.24. The van der Waals surface area contributed by atoms with E-state index in [-0.39, 0.29) is 5.78 Å². The molecular weight excluding hydrogens is 226 g/mol. The fourth-order valence-corrected chi connectivity index (χ4v) is 2.62. The van der Waals surface area contributed by atoms with Gasteiger partial charge in [-0.25, -0.2) is 0 Å². The molecule has 0 amide bonds. The minimum Gasteiger partial charge on any atom is -0.348 e. The quantitative estimate of drug-likeness (QED) is 0.752. The smallest absolute Gasteiger partial charge is 0.193 e. The maximum absolute atomic E-state index is 12.2. The summed E-state index contributed by atoms with van der Waals surface area (Å²) >= 11 is 0. The molecule has 1 saturated heterocycles. The number of hydrogen-bond acceptors (Lipinski definition) is 3. The summed E-state index contributed by atoms with van der Waals surface area (Å²) in [5, 5.41) is 0. The number of hydrogen-bond donors (Lipinski definition) is 0. The van der Waals surface area contributed by atoms with Gasteiger partial charge in [0.25, 0.3) is 0 Å². The van der Waals surface area contributed by atoms with Crippen LogP contribution in [0.5, 0.6) is 0 Å². The zero-order valence-corrected chi connectivity index (χ0v) is 11.6. The normalized spacial score (nSPS) is 18.4. The number of rotatable bonds is 4. The Kier molecular flexibility index (Phi) is 4.19.